The van der Waals surface area contributed by atoms with Crippen molar-refractivity contribution in [1.82, 2.24) is 15.5 Å². The first-order valence-corrected chi connectivity index (χ1v) is 8.25. The maximum atomic E-state index is 13.7. The molecule has 0 radical (unpaired) electrons. The quantitative estimate of drug-likeness (QED) is 0.493. The molecule has 0 aromatic heterocycles. The van der Waals surface area contributed by atoms with E-state index in [1.165, 1.54) is 11.6 Å². The van der Waals surface area contributed by atoms with E-state index in [4.69, 9.17) is 0 Å². The van der Waals surface area contributed by atoms with Crippen molar-refractivity contribution in [2.45, 2.75) is 32.4 Å². The third-order valence-corrected chi connectivity index (χ3v) is 4.10. The molecule has 0 unspecified atom stereocenters. The van der Waals surface area contributed by atoms with Crippen LogP contribution in [-0.4, -0.2) is 43.6 Å². The topological polar surface area (TPSA) is 39.7 Å². The lowest BCUT2D eigenvalue weighted by Crippen LogP contribution is -2.48. The Labute approximate surface area is 142 Å². The van der Waals surface area contributed by atoms with Crippen molar-refractivity contribution in [3.05, 3.63) is 47.5 Å². The summed E-state index contributed by atoms with van der Waals surface area (Å²) in [6.45, 7) is 9.16. The summed E-state index contributed by atoms with van der Waals surface area (Å²) in [4.78, 5) is 6.55. The number of rotatable bonds is 5. The molecule has 1 fully saturated rings. The Morgan fingerprint density at radius 1 is 1.33 bits per heavy atom. The fraction of sp³-hybridized carbons (Fsp3) is 0.500. The number of benzene rings is 1. The molecular weight excluding hydrogens is 310 g/mol. The van der Waals surface area contributed by atoms with Crippen LogP contribution >= 0.6 is 0 Å². The van der Waals surface area contributed by atoms with Gasteiger partial charge < -0.3 is 10.6 Å². The second-order valence-electron chi connectivity index (χ2n) is 6.31. The number of hydrogen-bond donors (Lipinski definition) is 2. The Bertz CT molecular complexity index is 593. The Morgan fingerprint density at radius 2 is 2.04 bits per heavy atom. The van der Waals surface area contributed by atoms with Crippen molar-refractivity contribution in [3.8, 4) is 0 Å². The molecule has 4 nitrogen and oxygen atoms in total. The molecule has 1 aliphatic heterocycles. The maximum absolute atomic E-state index is 13.7. The fourth-order valence-corrected chi connectivity index (χ4v) is 2.86. The van der Waals surface area contributed by atoms with Gasteiger partial charge in [0.1, 0.15) is 11.6 Å². The number of aliphatic imine (C=N–C) groups is 1. The Hall–Kier alpha value is -1.95. The predicted octanol–water partition coefficient (Wildman–Crippen LogP) is 2.67. The summed E-state index contributed by atoms with van der Waals surface area (Å²) < 4.78 is 26.9. The lowest BCUT2D eigenvalue weighted by Gasteiger charge is -2.33. The first-order chi connectivity index (χ1) is 11.5. The number of hydrogen-bond acceptors (Lipinski definition) is 2. The van der Waals surface area contributed by atoms with E-state index in [1.807, 2.05) is 6.92 Å². The lowest BCUT2D eigenvalue weighted by atomic mass is 10.0. The number of guanidine groups is 1. The first kappa shape index (κ1) is 18.4. The molecule has 1 aliphatic rings. The minimum atomic E-state index is -0.443. The Kier molecular flexibility index (Phi) is 6.73. The van der Waals surface area contributed by atoms with Crippen LogP contribution in [0.3, 0.4) is 0 Å². The van der Waals surface area contributed by atoms with E-state index in [9.17, 15) is 8.78 Å². The fourth-order valence-electron chi connectivity index (χ4n) is 2.86. The van der Waals surface area contributed by atoms with Crippen LogP contribution in [0, 0.1) is 11.6 Å². The summed E-state index contributed by atoms with van der Waals surface area (Å²) in [5.74, 6) is -0.259. The SMILES string of the molecule is C=C(C)CN1CCC(NC(=NC)NCc2cc(F)ccc2F)CC1. The average Bonchev–Trinajstić information content (AvgIpc) is 2.55. The van der Waals surface area contributed by atoms with E-state index < -0.39 is 11.6 Å². The van der Waals surface area contributed by atoms with E-state index in [2.05, 4.69) is 27.1 Å². The number of piperidine rings is 1. The predicted molar refractivity (Wildman–Crippen MR) is 94.0 cm³/mol. The summed E-state index contributed by atoms with van der Waals surface area (Å²) in [5, 5.41) is 6.41. The van der Waals surface area contributed by atoms with Crippen LogP contribution < -0.4 is 10.6 Å². The summed E-state index contributed by atoms with van der Waals surface area (Å²) in [7, 11) is 1.67. The van der Waals surface area contributed by atoms with Gasteiger partial charge in [-0.05, 0) is 38.0 Å². The number of nitrogens with one attached hydrogen (secondary N) is 2. The van der Waals surface area contributed by atoms with E-state index in [0.29, 0.717) is 12.0 Å². The standard InChI is InChI=1S/C18H26F2N4/c1-13(2)12-24-8-6-16(7-9-24)23-18(21-3)22-11-14-10-15(19)4-5-17(14)20/h4-5,10,16H,1,6-9,11-12H2,2-3H3,(H2,21,22,23). The molecule has 132 valence electrons. The van der Waals surface area contributed by atoms with Crippen LogP contribution in [0.5, 0.6) is 0 Å². The van der Waals surface area contributed by atoms with Crippen molar-refractivity contribution in [2.75, 3.05) is 26.7 Å². The molecule has 1 saturated heterocycles. The van der Waals surface area contributed by atoms with Gasteiger partial charge in [0.2, 0.25) is 0 Å². The van der Waals surface area contributed by atoms with Crippen LogP contribution in [-0.2, 0) is 6.54 Å². The summed E-state index contributed by atoms with van der Waals surface area (Å²) in [6.07, 6.45) is 2.03. The molecule has 1 heterocycles. The average molecular weight is 336 g/mol. The first-order valence-electron chi connectivity index (χ1n) is 8.25. The highest BCUT2D eigenvalue weighted by Gasteiger charge is 2.19. The number of nitrogens with zero attached hydrogens (tertiary/aromatic N) is 2. The molecule has 6 heteroatoms. The molecule has 0 saturated carbocycles. The number of halogens is 2. The second kappa shape index (κ2) is 8.78. The molecule has 0 bridgehead atoms. The third kappa shape index (κ3) is 5.60. The molecule has 0 aliphatic carbocycles. The van der Waals surface area contributed by atoms with Gasteiger partial charge in [-0.3, -0.25) is 9.89 Å². The highest BCUT2D eigenvalue weighted by Crippen LogP contribution is 2.12. The molecule has 1 aromatic carbocycles. The van der Waals surface area contributed by atoms with E-state index in [0.717, 1.165) is 44.6 Å². The van der Waals surface area contributed by atoms with Gasteiger partial charge in [-0.1, -0.05) is 12.2 Å². The van der Waals surface area contributed by atoms with Gasteiger partial charge in [0.25, 0.3) is 0 Å². The van der Waals surface area contributed by atoms with Crippen molar-refractivity contribution in [2.24, 2.45) is 4.99 Å². The van der Waals surface area contributed by atoms with Gasteiger partial charge in [-0.15, -0.1) is 0 Å². The molecular formula is C18H26F2N4. The monoisotopic (exact) mass is 336 g/mol. The summed E-state index contributed by atoms with van der Waals surface area (Å²) >= 11 is 0. The molecule has 0 atom stereocenters. The minimum Gasteiger partial charge on any atom is -0.354 e. The highest BCUT2D eigenvalue weighted by molar-refractivity contribution is 5.79. The van der Waals surface area contributed by atoms with Gasteiger partial charge in [-0.25, -0.2) is 8.78 Å². The number of likely N-dealkylation sites (tertiary alicyclic amines) is 1. The van der Waals surface area contributed by atoms with Gasteiger partial charge in [-0.2, -0.15) is 0 Å². The largest absolute Gasteiger partial charge is 0.354 e. The molecule has 0 amide bonds. The Morgan fingerprint density at radius 3 is 2.67 bits per heavy atom. The van der Waals surface area contributed by atoms with Gasteiger partial charge in [0, 0.05) is 44.8 Å². The zero-order valence-electron chi connectivity index (χ0n) is 14.4. The molecule has 2 rings (SSSR count). The van der Waals surface area contributed by atoms with Crippen LogP contribution in [0.2, 0.25) is 0 Å². The lowest BCUT2D eigenvalue weighted by molar-refractivity contribution is 0.221. The summed E-state index contributed by atoms with van der Waals surface area (Å²) in [6, 6.07) is 3.78. The van der Waals surface area contributed by atoms with E-state index in [1.54, 1.807) is 7.05 Å². The van der Waals surface area contributed by atoms with Crippen LogP contribution in [0.15, 0.2) is 35.3 Å². The summed E-state index contributed by atoms with van der Waals surface area (Å²) in [5.41, 5.74) is 1.46. The van der Waals surface area contributed by atoms with Crippen molar-refractivity contribution < 1.29 is 8.78 Å². The smallest absolute Gasteiger partial charge is 0.191 e. The maximum Gasteiger partial charge on any atom is 0.191 e. The van der Waals surface area contributed by atoms with E-state index in [-0.39, 0.29) is 12.1 Å². The van der Waals surface area contributed by atoms with Gasteiger partial charge in [0.15, 0.2) is 5.96 Å². The molecule has 24 heavy (non-hydrogen) atoms. The third-order valence-electron chi connectivity index (χ3n) is 4.10. The zero-order valence-corrected chi connectivity index (χ0v) is 14.4. The van der Waals surface area contributed by atoms with Crippen LogP contribution in [0.4, 0.5) is 8.78 Å². The molecule has 2 N–H and O–H groups in total. The zero-order chi connectivity index (χ0) is 17.5. The van der Waals surface area contributed by atoms with Crippen LogP contribution in [0.25, 0.3) is 0 Å². The molecule has 1 aromatic rings. The normalized spacial score (nSPS) is 16.9. The van der Waals surface area contributed by atoms with Crippen molar-refractivity contribution in [3.63, 3.8) is 0 Å². The van der Waals surface area contributed by atoms with Crippen molar-refractivity contribution >= 4 is 5.96 Å². The second-order valence-corrected chi connectivity index (χ2v) is 6.31. The van der Waals surface area contributed by atoms with Crippen molar-refractivity contribution in [1.29, 1.82) is 0 Å². The molecule has 0 spiro atoms. The van der Waals surface area contributed by atoms with Crippen LogP contribution in [0.1, 0.15) is 25.3 Å². The minimum absolute atomic E-state index is 0.192. The van der Waals surface area contributed by atoms with Gasteiger partial charge in [0.05, 0.1) is 0 Å². The Balaban J connectivity index is 1.81. The van der Waals surface area contributed by atoms with E-state index >= 15 is 0 Å². The highest BCUT2D eigenvalue weighted by atomic mass is 19.1. The van der Waals surface area contributed by atoms with Gasteiger partial charge >= 0.3 is 0 Å².